The highest BCUT2D eigenvalue weighted by atomic mass is 19.1. The molecule has 0 unspecified atom stereocenters. The molecule has 1 saturated carbocycles. The third kappa shape index (κ3) is 5.51. The molecule has 2 fully saturated rings. The van der Waals surface area contributed by atoms with Gasteiger partial charge in [-0.25, -0.2) is 18.7 Å². The van der Waals surface area contributed by atoms with E-state index in [4.69, 9.17) is 4.52 Å². The summed E-state index contributed by atoms with van der Waals surface area (Å²) in [7, 11) is 0. The minimum atomic E-state index is -0.820. The first kappa shape index (κ1) is 24.9. The zero-order chi connectivity index (χ0) is 25.9. The Morgan fingerprint density at radius 3 is 2.62 bits per heavy atom. The first-order valence-electron chi connectivity index (χ1n) is 12.4. The highest BCUT2D eigenvalue weighted by Crippen LogP contribution is 2.30. The molecule has 37 heavy (non-hydrogen) atoms. The van der Waals surface area contributed by atoms with Gasteiger partial charge in [0.15, 0.2) is 11.5 Å². The quantitative estimate of drug-likeness (QED) is 0.502. The monoisotopic (exact) mass is 510 g/mol. The van der Waals surface area contributed by atoms with Gasteiger partial charge in [0.2, 0.25) is 5.91 Å². The van der Waals surface area contributed by atoms with Gasteiger partial charge in [-0.15, -0.1) is 0 Å². The number of nitrogens with one attached hydrogen (secondary N) is 2. The van der Waals surface area contributed by atoms with E-state index in [1.165, 1.54) is 18.6 Å². The first-order chi connectivity index (χ1) is 17.9. The van der Waals surface area contributed by atoms with Gasteiger partial charge >= 0.3 is 0 Å². The number of likely N-dealkylation sites (tertiary alicyclic amines) is 1. The van der Waals surface area contributed by atoms with Gasteiger partial charge < -0.3 is 15.2 Å². The maximum absolute atomic E-state index is 14.1. The van der Waals surface area contributed by atoms with Crippen LogP contribution in [0.25, 0.3) is 11.3 Å². The van der Waals surface area contributed by atoms with E-state index >= 15 is 0 Å². The lowest BCUT2D eigenvalue weighted by atomic mass is 9.85. The number of carbonyl (C=O) groups is 2. The van der Waals surface area contributed by atoms with Gasteiger partial charge in [-0.2, -0.15) is 0 Å². The van der Waals surface area contributed by atoms with Crippen molar-refractivity contribution >= 4 is 11.8 Å². The minimum Gasteiger partial charge on any atom is -0.355 e. The zero-order valence-corrected chi connectivity index (χ0v) is 20.4. The highest BCUT2D eigenvalue weighted by molar-refractivity contribution is 5.94. The molecule has 0 radical (unpaired) electrons. The van der Waals surface area contributed by atoms with E-state index in [1.54, 1.807) is 18.5 Å². The van der Waals surface area contributed by atoms with Crippen molar-refractivity contribution in [1.82, 2.24) is 30.7 Å². The van der Waals surface area contributed by atoms with Crippen molar-refractivity contribution in [3.8, 4) is 11.3 Å². The van der Waals surface area contributed by atoms with Crippen LogP contribution < -0.4 is 10.6 Å². The van der Waals surface area contributed by atoms with Crippen LogP contribution in [0.3, 0.4) is 0 Å². The van der Waals surface area contributed by atoms with Crippen LogP contribution >= 0.6 is 0 Å². The molecule has 3 heterocycles. The van der Waals surface area contributed by atoms with E-state index in [2.05, 4.69) is 30.7 Å². The Bertz CT molecular complexity index is 1270. The number of piperidine rings is 1. The number of benzene rings is 1. The van der Waals surface area contributed by atoms with E-state index in [-0.39, 0.29) is 22.9 Å². The molecule has 0 bridgehead atoms. The summed E-state index contributed by atoms with van der Waals surface area (Å²) in [4.78, 5) is 37.2. The summed E-state index contributed by atoms with van der Waals surface area (Å²) in [5, 5.41) is 9.69. The molecule has 0 spiro atoms. The van der Waals surface area contributed by atoms with E-state index in [0.717, 1.165) is 31.5 Å². The maximum Gasteiger partial charge on any atom is 0.273 e. The van der Waals surface area contributed by atoms with Gasteiger partial charge in [0.05, 0.1) is 17.5 Å². The average Bonchev–Trinajstić information content (AvgIpc) is 3.34. The Kier molecular flexibility index (Phi) is 7.22. The third-order valence-corrected chi connectivity index (χ3v) is 7.16. The number of nitrogens with zero attached hydrogens (tertiary/aromatic N) is 4. The standard InChI is InChI=1S/C26H28F2N6O3/c1-15(24-29-9-3-10-30-24)31-25(35)19-14-34(17-4-2-5-17)11-8-21(19)32-26(36)22-13-23(37-33-22)18-7-6-16(27)12-20(18)28/h3,6-7,9-10,12-13,15,17,19,21H,2,4-5,8,11,14H2,1H3,(H,31,35)(H,32,36)/t15-,19+,21+/m1/s1. The molecule has 3 atom stereocenters. The van der Waals surface area contributed by atoms with Crippen molar-refractivity contribution < 1.29 is 22.9 Å². The van der Waals surface area contributed by atoms with Gasteiger partial charge in [0.25, 0.3) is 5.91 Å². The first-order valence-corrected chi connectivity index (χ1v) is 12.4. The van der Waals surface area contributed by atoms with Crippen molar-refractivity contribution in [3.63, 3.8) is 0 Å². The fraction of sp³-hybridized carbons (Fsp3) is 0.423. The largest absolute Gasteiger partial charge is 0.355 e. The molecule has 1 saturated heterocycles. The number of hydrogen-bond acceptors (Lipinski definition) is 7. The Balaban J connectivity index is 1.30. The number of carbonyl (C=O) groups excluding carboxylic acids is 2. The molecular formula is C26H28F2N6O3. The van der Waals surface area contributed by atoms with Gasteiger partial charge in [0.1, 0.15) is 17.5 Å². The van der Waals surface area contributed by atoms with Crippen LogP contribution in [-0.2, 0) is 4.79 Å². The molecule has 1 aromatic carbocycles. The average molecular weight is 511 g/mol. The number of rotatable bonds is 7. The Labute approximate surface area is 212 Å². The molecule has 194 valence electrons. The lowest BCUT2D eigenvalue weighted by molar-refractivity contribution is -0.129. The van der Waals surface area contributed by atoms with Crippen LogP contribution in [0.15, 0.2) is 47.2 Å². The molecule has 2 amide bonds. The number of aromatic nitrogens is 3. The predicted octanol–water partition coefficient (Wildman–Crippen LogP) is 3.26. The highest BCUT2D eigenvalue weighted by Gasteiger charge is 2.39. The van der Waals surface area contributed by atoms with Crippen molar-refractivity contribution in [3.05, 3.63) is 65.9 Å². The molecule has 2 N–H and O–H groups in total. The van der Waals surface area contributed by atoms with Gasteiger partial charge in [-0.3, -0.25) is 14.5 Å². The van der Waals surface area contributed by atoms with Crippen LogP contribution in [-0.4, -0.2) is 57.0 Å². The van der Waals surface area contributed by atoms with Gasteiger partial charge in [0, 0.05) is 49.7 Å². The Hall–Kier alpha value is -3.73. The summed E-state index contributed by atoms with van der Waals surface area (Å²) >= 11 is 0. The molecule has 3 aromatic rings. The number of halogens is 2. The molecule has 2 aliphatic rings. The summed E-state index contributed by atoms with van der Waals surface area (Å²) in [6.07, 6.45) is 7.24. The number of hydrogen-bond donors (Lipinski definition) is 2. The maximum atomic E-state index is 14.1. The smallest absolute Gasteiger partial charge is 0.273 e. The molecule has 2 aromatic heterocycles. The SMILES string of the molecule is C[C@@H](NC(=O)[C@H]1CN(C2CCC2)CC[C@@H]1NC(=O)c1cc(-c2ccc(F)cc2F)on1)c1ncccn1. The van der Waals surface area contributed by atoms with Crippen LogP contribution in [0.4, 0.5) is 8.78 Å². The summed E-state index contributed by atoms with van der Waals surface area (Å²) < 4.78 is 32.5. The van der Waals surface area contributed by atoms with Crippen molar-refractivity contribution in [2.75, 3.05) is 13.1 Å². The molecule has 9 nitrogen and oxygen atoms in total. The second-order valence-corrected chi connectivity index (χ2v) is 9.59. The van der Waals surface area contributed by atoms with Crippen molar-refractivity contribution in [1.29, 1.82) is 0 Å². The summed E-state index contributed by atoms with van der Waals surface area (Å²) in [6.45, 7) is 3.11. The minimum absolute atomic E-state index is 0.00358. The Morgan fingerprint density at radius 1 is 1.14 bits per heavy atom. The van der Waals surface area contributed by atoms with Crippen molar-refractivity contribution in [2.24, 2.45) is 5.92 Å². The second-order valence-electron chi connectivity index (χ2n) is 9.59. The van der Waals surface area contributed by atoms with E-state index in [0.29, 0.717) is 24.8 Å². The van der Waals surface area contributed by atoms with Crippen LogP contribution in [0.5, 0.6) is 0 Å². The van der Waals surface area contributed by atoms with E-state index < -0.39 is 35.5 Å². The normalized spacial score (nSPS) is 21.2. The molecule has 1 aliphatic heterocycles. The van der Waals surface area contributed by atoms with Crippen LogP contribution in [0, 0.1) is 17.6 Å². The lowest BCUT2D eigenvalue weighted by Crippen LogP contribution is -2.58. The molecule has 11 heteroatoms. The van der Waals surface area contributed by atoms with Gasteiger partial charge in [-0.1, -0.05) is 11.6 Å². The fourth-order valence-corrected chi connectivity index (χ4v) is 4.86. The lowest BCUT2D eigenvalue weighted by Gasteiger charge is -2.45. The summed E-state index contributed by atoms with van der Waals surface area (Å²) in [5.74, 6) is -2.24. The summed E-state index contributed by atoms with van der Waals surface area (Å²) in [5.41, 5.74) is -0.0542. The van der Waals surface area contributed by atoms with E-state index in [9.17, 15) is 18.4 Å². The summed E-state index contributed by atoms with van der Waals surface area (Å²) in [6, 6.07) is 5.70. The molecular weight excluding hydrogens is 482 g/mol. The Morgan fingerprint density at radius 2 is 1.92 bits per heavy atom. The third-order valence-electron chi connectivity index (χ3n) is 7.16. The van der Waals surface area contributed by atoms with E-state index in [1.807, 2.05) is 6.92 Å². The molecule has 5 rings (SSSR count). The zero-order valence-electron chi connectivity index (χ0n) is 20.4. The predicted molar refractivity (Wildman–Crippen MR) is 129 cm³/mol. The van der Waals surface area contributed by atoms with Crippen LogP contribution in [0.2, 0.25) is 0 Å². The van der Waals surface area contributed by atoms with Gasteiger partial charge in [-0.05, 0) is 44.4 Å². The van der Waals surface area contributed by atoms with Crippen molar-refractivity contribution in [2.45, 2.75) is 50.7 Å². The van der Waals surface area contributed by atoms with Crippen LogP contribution in [0.1, 0.15) is 55.0 Å². The molecule has 1 aliphatic carbocycles. The number of amides is 2. The second kappa shape index (κ2) is 10.7. The fourth-order valence-electron chi connectivity index (χ4n) is 4.86. The topological polar surface area (TPSA) is 113 Å².